The summed E-state index contributed by atoms with van der Waals surface area (Å²) in [5.41, 5.74) is 1.24. The third kappa shape index (κ3) is 3.54. The summed E-state index contributed by atoms with van der Waals surface area (Å²) < 4.78 is 0. The van der Waals surface area contributed by atoms with Crippen LogP contribution in [0.15, 0.2) is 30.3 Å². The summed E-state index contributed by atoms with van der Waals surface area (Å²) in [6, 6.07) is 10.1. The molecule has 0 bridgehead atoms. The number of nitrogens with zero attached hydrogens (tertiary/aromatic N) is 3. The van der Waals surface area contributed by atoms with Crippen LogP contribution < -0.4 is 5.32 Å². The molecule has 1 aromatic carbocycles. The number of anilines is 1. The van der Waals surface area contributed by atoms with E-state index in [9.17, 15) is 0 Å². The molecule has 0 unspecified atom stereocenters. The lowest BCUT2D eigenvalue weighted by Crippen LogP contribution is -2.08. The van der Waals surface area contributed by atoms with Crippen molar-refractivity contribution in [3.05, 3.63) is 46.3 Å². The second kappa shape index (κ2) is 5.80. The molecule has 0 radical (unpaired) electrons. The zero-order valence-electron chi connectivity index (χ0n) is 8.90. The average molecular weight is 269 g/mol. The van der Waals surface area contributed by atoms with E-state index >= 15 is 0 Å². The average Bonchev–Trinajstić information content (AvgIpc) is 2.35. The summed E-state index contributed by atoms with van der Waals surface area (Å²) in [5.74, 6) is 0.461. The zero-order chi connectivity index (χ0) is 12.1. The minimum atomic E-state index is 0.0802. The maximum atomic E-state index is 5.82. The lowest BCUT2D eigenvalue weighted by atomic mass is 10.1. The van der Waals surface area contributed by atoms with Crippen molar-refractivity contribution in [1.29, 1.82) is 0 Å². The van der Waals surface area contributed by atoms with Gasteiger partial charge in [-0.25, -0.2) is 0 Å². The third-order valence-electron chi connectivity index (χ3n) is 2.17. The Hall–Kier alpha value is -1.39. The number of aromatic nitrogens is 3. The largest absolute Gasteiger partial charge is 0.367 e. The maximum absolute atomic E-state index is 5.82. The minimum Gasteiger partial charge on any atom is -0.367 e. The van der Waals surface area contributed by atoms with Crippen LogP contribution in [0, 0.1) is 0 Å². The molecule has 1 heterocycles. The Kier molecular flexibility index (Phi) is 4.12. The molecule has 4 nitrogen and oxygen atoms in total. The topological polar surface area (TPSA) is 50.7 Å². The van der Waals surface area contributed by atoms with E-state index in [-0.39, 0.29) is 10.4 Å². The molecular formula is C11H10Cl2N4. The molecule has 1 aromatic heterocycles. The van der Waals surface area contributed by atoms with Crippen molar-refractivity contribution in [3.8, 4) is 0 Å². The first-order chi connectivity index (χ1) is 8.25. The highest BCUT2D eigenvalue weighted by atomic mass is 35.5. The van der Waals surface area contributed by atoms with E-state index in [4.69, 9.17) is 23.2 Å². The van der Waals surface area contributed by atoms with Gasteiger partial charge >= 0.3 is 0 Å². The van der Waals surface area contributed by atoms with Crippen molar-refractivity contribution in [1.82, 2.24) is 15.2 Å². The van der Waals surface area contributed by atoms with Gasteiger partial charge in [-0.3, -0.25) is 0 Å². The van der Waals surface area contributed by atoms with Crippen LogP contribution in [0.5, 0.6) is 0 Å². The Labute approximate surface area is 109 Å². The van der Waals surface area contributed by atoms with Gasteiger partial charge in [-0.15, -0.1) is 10.2 Å². The van der Waals surface area contributed by atoms with Gasteiger partial charge in [-0.05, 0) is 23.6 Å². The van der Waals surface area contributed by atoms with E-state index in [1.54, 1.807) is 0 Å². The second-order valence-corrected chi connectivity index (χ2v) is 4.08. The van der Waals surface area contributed by atoms with Crippen molar-refractivity contribution < 1.29 is 0 Å². The molecule has 0 fully saturated rings. The smallest absolute Gasteiger partial charge is 0.245 e. The fourth-order valence-electron chi connectivity index (χ4n) is 1.38. The van der Waals surface area contributed by atoms with E-state index in [0.29, 0.717) is 12.4 Å². The Morgan fingerprint density at radius 3 is 2.59 bits per heavy atom. The van der Waals surface area contributed by atoms with Crippen LogP contribution in [0.25, 0.3) is 0 Å². The predicted octanol–water partition coefficient (Wildman–Crippen LogP) is 2.83. The molecule has 6 heteroatoms. The molecular weight excluding hydrogens is 259 g/mol. The molecule has 2 rings (SSSR count). The monoisotopic (exact) mass is 268 g/mol. The Morgan fingerprint density at radius 2 is 1.82 bits per heavy atom. The number of halogens is 2. The van der Waals surface area contributed by atoms with Crippen molar-refractivity contribution in [2.75, 3.05) is 11.9 Å². The van der Waals surface area contributed by atoms with Gasteiger partial charge in [-0.2, -0.15) is 4.98 Å². The van der Waals surface area contributed by atoms with Crippen LogP contribution in [0.2, 0.25) is 10.4 Å². The highest BCUT2D eigenvalue weighted by molar-refractivity contribution is 6.32. The van der Waals surface area contributed by atoms with Gasteiger partial charge in [0, 0.05) is 6.54 Å². The summed E-state index contributed by atoms with van der Waals surface area (Å²) in [7, 11) is 0. The number of rotatable bonds is 4. The van der Waals surface area contributed by atoms with E-state index in [1.165, 1.54) is 5.56 Å². The van der Waals surface area contributed by atoms with Crippen LogP contribution in [0.3, 0.4) is 0 Å². The van der Waals surface area contributed by atoms with E-state index < -0.39 is 0 Å². The van der Waals surface area contributed by atoms with Gasteiger partial charge < -0.3 is 5.32 Å². The number of hydrogen-bond donors (Lipinski definition) is 1. The first-order valence-electron chi connectivity index (χ1n) is 5.09. The van der Waals surface area contributed by atoms with Crippen LogP contribution in [0.1, 0.15) is 5.56 Å². The molecule has 0 amide bonds. The predicted molar refractivity (Wildman–Crippen MR) is 68.5 cm³/mol. The first kappa shape index (κ1) is 12.1. The third-order valence-corrected chi connectivity index (χ3v) is 2.58. The van der Waals surface area contributed by atoms with Gasteiger partial charge in [0.2, 0.25) is 5.28 Å². The summed E-state index contributed by atoms with van der Waals surface area (Å²) in [4.78, 5) is 3.95. The maximum Gasteiger partial charge on any atom is 0.245 e. The van der Waals surface area contributed by atoms with E-state index in [1.807, 2.05) is 18.2 Å². The SMILES string of the molecule is Clc1nnc(Cl)c(NCCc2ccccc2)n1. The Balaban J connectivity index is 1.92. The first-order valence-corrected chi connectivity index (χ1v) is 5.85. The molecule has 1 N–H and O–H groups in total. The van der Waals surface area contributed by atoms with Crippen LogP contribution >= 0.6 is 23.2 Å². The molecule has 0 atom stereocenters. The fourth-order valence-corrected chi connectivity index (χ4v) is 1.64. The molecule has 0 aliphatic heterocycles. The Morgan fingerprint density at radius 1 is 1.06 bits per heavy atom. The van der Waals surface area contributed by atoms with Crippen molar-refractivity contribution in [3.63, 3.8) is 0 Å². The molecule has 2 aromatic rings. The van der Waals surface area contributed by atoms with Crippen molar-refractivity contribution in [2.45, 2.75) is 6.42 Å². The lowest BCUT2D eigenvalue weighted by molar-refractivity contribution is 0.944. The molecule has 17 heavy (non-hydrogen) atoms. The van der Waals surface area contributed by atoms with Crippen LogP contribution in [-0.4, -0.2) is 21.7 Å². The summed E-state index contributed by atoms with van der Waals surface area (Å²) in [5, 5.41) is 10.6. The molecule has 0 aliphatic carbocycles. The van der Waals surface area contributed by atoms with Crippen LogP contribution in [-0.2, 0) is 6.42 Å². The molecule has 0 saturated carbocycles. The van der Waals surface area contributed by atoms with Gasteiger partial charge in [0.25, 0.3) is 0 Å². The fraction of sp³-hybridized carbons (Fsp3) is 0.182. The highest BCUT2D eigenvalue weighted by Gasteiger charge is 2.04. The summed E-state index contributed by atoms with van der Waals surface area (Å²) >= 11 is 11.5. The van der Waals surface area contributed by atoms with Crippen molar-refractivity contribution >= 4 is 29.0 Å². The van der Waals surface area contributed by atoms with Gasteiger partial charge in [-0.1, -0.05) is 41.9 Å². The summed E-state index contributed by atoms with van der Waals surface area (Å²) in [6.07, 6.45) is 0.874. The summed E-state index contributed by atoms with van der Waals surface area (Å²) in [6.45, 7) is 0.707. The van der Waals surface area contributed by atoms with E-state index in [2.05, 4.69) is 32.6 Å². The van der Waals surface area contributed by atoms with Gasteiger partial charge in [0.15, 0.2) is 11.0 Å². The number of benzene rings is 1. The molecule has 0 saturated heterocycles. The normalized spacial score (nSPS) is 10.2. The van der Waals surface area contributed by atoms with Crippen LogP contribution in [0.4, 0.5) is 5.82 Å². The second-order valence-electron chi connectivity index (χ2n) is 3.38. The number of nitrogens with one attached hydrogen (secondary N) is 1. The minimum absolute atomic E-state index is 0.0802. The quantitative estimate of drug-likeness (QED) is 0.927. The zero-order valence-corrected chi connectivity index (χ0v) is 10.4. The highest BCUT2D eigenvalue weighted by Crippen LogP contribution is 2.16. The van der Waals surface area contributed by atoms with Gasteiger partial charge in [0.05, 0.1) is 0 Å². The number of hydrogen-bond acceptors (Lipinski definition) is 4. The van der Waals surface area contributed by atoms with Crippen molar-refractivity contribution in [2.24, 2.45) is 0 Å². The van der Waals surface area contributed by atoms with E-state index in [0.717, 1.165) is 6.42 Å². The Bertz CT molecular complexity index is 490. The molecule has 0 aliphatic rings. The molecule has 0 spiro atoms. The molecule has 88 valence electrons. The standard InChI is InChI=1S/C11H10Cl2N4/c12-9-10(15-11(13)17-16-9)14-7-6-8-4-2-1-3-5-8/h1-5H,6-7H2,(H,14,15,17). The lowest BCUT2D eigenvalue weighted by Gasteiger charge is -2.06. The van der Waals surface area contributed by atoms with Gasteiger partial charge in [0.1, 0.15) is 0 Å².